The Morgan fingerprint density at radius 3 is 1.82 bits per heavy atom. The molecule has 2 amide bonds. The minimum Gasteiger partial charge on any atom is -0.335 e. The average molecular weight is 648 g/mol. The van der Waals surface area contributed by atoms with Gasteiger partial charge in [-0.25, -0.2) is 0 Å². The number of hydrogen-bond donors (Lipinski definition) is 4. The molecule has 1 fully saturated rings. The van der Waals surface area contributed by atoms with Gasteiger partial charge in [0, 0.05) is 48.3 Å². The Bertz CT molecular complexity index is 1240. The number of piperazine rings is 1. The highest BCUT2D eigenvalue weighted by Crippen LogP contribution is 2.27. The fourth-order valence-electron chi connectivity index (χ4n) is 6.19. The number of nitrogens with zero attached hydrogens (tertiary/aromatic N) is 2. The molecule has 2 unspecified atom stereocenters. The topological polar surface area (TPSA) is 131 Å². The summed E-state index contributed by atoms with van der Waals surface area (Å²) in [6, 6.07) is 9.67. The smallest absolute Gasteiger partial charge is 0.240 e. The van der Waals surface area contributed by atoms with Crippen LogP contribution in [0.25, 0.3) is 0 Å². The minimum atomic E-state index is -0.694. The van der Waals surface area contributed by atoms with E-state index in [1.54, 1.807) is 0 Å². The molecule has 0 aliphatic carbocycles. The number of nitrogens with two attached hydrogens (primary N) is 3. The number of halogens is 2. The molecule has 244 valence electrons. The molecule has 0 saturated carbocycles. The highest BCUT2D eigenvalue weighted by molar-refractivity contribution is 6.30. The van der Waals surface area contributed by atoms with Gasteiger partial charge in [0.1, 0.15) is 0 Å². The van der Waals surface area contributed by atoms with Crippen molar-refractivity contribution in [3.63, 3.8) is 0 Å². The summed E-state index contributed by atoms with van der Waals surface area (Å²) in [5.41, 5.74) is 22.9. The molecular formula is C34H52Cl2N6O2. The zero-order valence-corrected chi connectivity index (χ0v) is 28.3. The summed E-state index contributed by atoms with van der Waals surface area (Å²) in [7, 11) is 0. The van der Waals surface area contributed by atoms with E-state index in [0.29, 0.717) is 48.4 Å². The van der Waals surface area contributed by atoms with Gasteiger partial charge in [-0.3, -0.25) is 9.59 Å². The zero-order chi connectivity index (χ0) is 32.4. The van der Waals surface area contributed by atoms with Gasteiger partial charge in [0.25, 0.3) is 0 Å². The number of carbonyl (C=O) groups is 2. The molecule has 0 radical (unpaired) electrons. The van der Waals surface area contributed by atoms with Gasteiger partial charge in [-0.1, -0.05) is 55.6 Å². The molecule has 4 atom stereocenters. The van der Waals surface area contributed by atoms with Crippen LogP contribution in [0.3, 0.4) is 0 Å². The lowest BCUT2D eigenvalue weighted by Crippen LogP contribution is -2.65. The molecule has 1 aliphatic heterocycles. The highest BCUT2D eigenvalue weighted by atomic mass is 35.5. The fraction of sp³-hybridized carbons (Fsp3) is 0.588. The van der Waals surface area contributed by atoms with Gasteiger partial charge in [-0.15, -0.1) is 0 Å². The summed E-state index contributed by atoms with van der Waals surface area (Å²) < 4.78 is 0. The monoisotopic (exact) mass is 646 g/mol. The quantitative estimate of drug-likeness (QED) is 0.214. The second-order valence-electron chi connectivity index (χ2n) is 12.7. The summed E-state index contributed by atoms with van der Waals surface area (Å²) in [5.74, 6) is 0.179. The molecule has 0 aromatic heterocycles. The van der Waals surface area contributed by atoms with Crippen LogP contribution in [0.5, 0.6) is 0 Å². The van der Waals surface area contributed by atoms with Gasteiger partial charge in [0.05, 0.1) is 12.1 Å². The van der Waals surface area contributed by atoms with Crippen molar-refractivity contribution in [2.24, 2.45) is 23.1 Å². The molecule has 0 spiro atoms. The third kappa shape index (κ3) is 10.4. The van der Waals surface area contributed by atoms with Crippen molar-refractivity contribution in [2.75, 3.05) is 32.7 Å². The fourth-order valence-corrected chi connectivity index (χ4v) is 6.64. The van der Waals surface area contributed by atoms with Crippen molar-refractivity contribution in [1.82, 2.24) is 15.1 Å². The molecule has 1 heterocycles. The van der Waals surface area contributed by atoms with Crippen LogP contribution in [0.15, 0.2) is 36.4 Å². The predicted octanol–water partition coefficient (Wildman–Crippen LogP) is 4.22. The van der Waals surface area contributed by atoms with Gasteiger partial charge in [0.2, 0.25) is 11.8 Å². The summed E-state index contributed by atoms with van der Waals surface area (Å²) in [4.78, 5) is 31.9. The normalized spacial score (nSPS) is 18.5. The van der Waals surface area contributed by atoms with Crippen molar-refractivity contribution in [3.05, 3.63) is 68.7 Å². The molecule has 44 heavy (non-hydrogen) atoms. The molecular weight excluding hydrogens is 595 g/mol. The van der Waals surface area contributed by atoms with Crippen LogP contribution in [0.2, 0.25) is 10.0 Å². The maximum absolute atomic E-state index is 14.0. The van der Waals surface area contributed by atoms with Crippen molar-refractivity contribution in [3.8, 4) is 0 Å². The third-order valence-corrected chi connectivity index (χ3v) is 9.06. The van der Waals surface area contributed by atoms with Crippen LogP contribution in [-0.2, 0) is 22.4 Å². The maximum atomic E-state index is 14.0. The first-order valence-electron chi connectivity index (χ1n) is 15.9. The molecule has 2 aromatic rings. The van der Waals surface area contributed by atoms with Crippen LogP contribution in [0, 0.1) is 19.8 Å². The van der Waals surface area contributed by atoms with Crippen molar-refractivity contribution in [1.29, 1.82) is 0 Å². The number of aryl methyl sites for hydroxylation is 2. The minimum absolute atomic E-state index is 0.0761. The number of amides is 2. The van der Waals surface area contributed by atoms with Gasteiger partial charge in [-0.2, -0.15) is 0 Å². The first kappa shape index (κ1) is 36.3. The van der Waals surface area contributed by atoms with Crippen LogP contribution < -0.4 is 22.5 Å². The Hall–Kier alpha value is -2.20. The molecule has 1 saturated heterocycles. The number of hydrogen-bond acceptors (Lipinski definition) is 6. The number of rotatable bonds is 15. The standard InChI is InChI=1S/C34H52Cl2N6O2/c1-22(2)15-30-21-41(33(43)31(38)18-25-8-10-27(35)16-23(25)3)29(7-5-6-13-40-14-12-37)20-42(30)34(44)32(39)19-26-9-11-28(36)17-24(26)4/h8-11,16-17,22,29-32,40H,5-7,12-15,18-21,37-39H2,1-4H3/t29-,30+,31?,32?/m0/s1. The average Bonchev–Trinajstić information content (AvgIpc) is 2.97. The van der Waals surface area contributed by atoms with E-state index < -0.39 is 12.1 Å². The molecule has 2 aromatic carbocycles. The third-order valence-electron chi connectivity index (χ3n) is 8.59. The molecule has 1 aliphatic rings. The Morgan fingerprint density at radius 1 is 0.841 bits per heavy atom. The van der Waals surface area contributed by atoms with Crippen LogP contribution in [0.1, 0.15) is 61.8 Å². The first-order valence-corrected chi connectivity index (χ1v) is 16.7. The van der Waals surface area contributed by atoms with Crippen LogP contribution in [0.4, 0.5) is 0 Å². The second kappa shape index (κ2) is 17.5. The lowest BCUT2D eigenvalue weighted by molar-refractivity contribution is -0.149. The van der Waals surface area contributed by atoms with Crippen molar-refractivity contribution >= 4 is 35.0 Å². The van der Waals surface area contributed by atoms with Gasteiger partial charge in [0.15, 0.2) is 0 Å². The molecule has 10 heteroatoms. The van der Waals surface area contributed by atoms with E-state index in [1.165, 1.54) is 0 Å². The molecule has 0 bridgehead atoms. The van der Waals surface area contributed by atoms with E-state index in [4.69, 9.17) is 40.4 Å². The van der Waals surface area contributed by atoms with Crippen molar-refractivity contribution < 1.29 is 9.59 Å². The van der Waals surface area contributed by atoms with Crippen LogP contribution >= 0.6 is 23.2 Å². The Morgan fingerprint density at radius 2 is 1.34 bits per heavy atom. The van der Waals surface area contributed by atoms with E-state index in [0.717, 1.165) is 61.0 Å². The number of unbranched alkanes of at least 4 members (excludes halogenated alkanes) is 1. The lowest BCUT2D eigenvalue weighted by Gasteiger charge is -2.48. The number of carbonyl (C=O) groups excluding carboxylic acids is 2. The van der Waals surface area contributed by atoms with E-state index in [9.17, 15) is 9.59 Å². The first-order chi connectivity index (χ1) is 20.9. The van der Waals surface area contributed by atoms with E-state index in [2.05, 4.69) is 19.2 Å². The number of nitrogens with one attached hydrogen (secondary N) is 1. The SMILES string of the molecule is Cc1cc(Cl)ccc1CC(N)C(=O)N1C[C@H](CCCCNCCN)N(C(=O)C(N)Cc2ccc(Cl)cc2C)C[C@H]1CC(C)C. The van der Waals surface area contributed by atoms with E-state index in [1.807, 2.05) is 60.0 Å². The molecule has 7 N–H and O–H groups in total. The summed E-state index contributed by atoms with van der Waals surface area (Å²) in [6.07, 6.45) is 4.25. The van der Waals surface area contributed by atoms with Gasteiger partial charge in [-0.05, 0) is 105 Å². The van der Waals surface area contributed by atoms with Crippen molar-refractivity contribution in [2.45, 2.75) is 90.4 Å². The largest absolute Gasteiger partial charge is 0.335 e. The highest BCUT2D eigenvalue weighted by Gasteiger charge is 2.41. The Kier molecular flexibility index (Phi) is 14.4. The molecule has 8 nitrogen and oxygen atoms in total. The Balaban J connectivity index is 1.82. The zero-order valence-electron chi connectivity index (χ0n) is 26.8. The van der Waals surface area contributed by atoms with E-state index >= 15 is 0 Å². The second-order valence-corrected chi connectivity index (χ2v) is 13.6. The Labute approximate surface area is 274 Å². The molecule has 3 rings (SSSR count). The predicted molar refractivity (Wildman–Crippen MR) is 182 cm³/mol. The van der Waals surface area contributed by atoms with E-state index in [-0.39, 0.29) is 23.9 Å². The number of benzene rings is 2. The summed E-state index contributed by atoms with van der Waals surface area (Å²) >= 11 is 12.3. The van der Waals surface area contributed by atoms with Gasteiger partial charge < -0.3 is 32.3 Å². The van der Waals surface area contributed by atoms with Crippen LogP contribution in [-0.4, -0.2) is 78.5 Å². The maximum Gasteiger partial charge on any atom is 0.240 e. The lowest BCUT2D eigenvalue weighted by atomic mass is 9.92. The summed E-state index contributed by atoms with van der Waals surface area (Å²) in [6.45, 7) is 11.4. The van der Waals surface area contributed by atoms with Gasteiger partial charge >= 0.3 is 0 Å². The summed E-state index contributed by atoms with van der Waals surface area (Å²) in [5, 5.41) is 4.66.